The predicted octanol–water partition coefficient (Wildman–Crippen LogP) is 13.3. The van der Waals surface area contributed by atoms with Gasteiger partial charge >= 0.3 is 0 Å². The first-order chi connectivity index (χ1) is 23.8. The summed E-state index contributed by atoms with van der Waals surface area (Å²) in [5.74, 6) is 0. The molecule has 0 bridgehead atoms. The lowest BCUT2D eigenvalue weighted by Crippen LogP contribution is -2.10. The van der Waals surface area contributed by atoms with Gasteiger partial charge in [0, 0.05) is 16.8 Å². The lowest BCUT2D eigenvalue weighted by atomic mass is 9.90. The van der Waals surface area contributed by atoms with Crippen molar-refractivity contribution in [2.24, 2.45) is 0 Å². The van der Waals surface area contributed by atoms with Gasteiger partial charge in [0.05, 0.1) is 11.1 Å². The van der Waals surface area contributed by atoms with E-state index in [0.717, 1.165) is 39.0 Å². The molecule has 1 aromatic heterocycles. The average molecular weight is 612 g/mol. The summed E-state index contributed by atoms with van der Waals surface area (Å²) in [5.41, 5.74) is 7.47. The molecule has 0 amide bonds. The second-order valence-corrected chi connectivity index (χ2v) is 12.5. The molecule has 2 nitrogen and oxygen atoms in total. The number of para-hydroxylation sites is 1. The van der Waals surface area contributed by atoms with Crippen molar-refractivity contribution in [1.82, 2.24) is 0 Å². The fourth-order valence-electron chi connectivity index (χ4n) is 7.58. The first-order valence-electron chi connectivity index (χ1n) is 16.4. The highest BCUT2D eigenvalue weighted by Gasteiger charge is 2.20. The van der Waals surface area contributed by atoms with E-state index < -0.39 is 0 Å². The van der Waals surface area contributed by atoms with Crippen molar-refractivity contribution in [3.8, 4) is 11.1 Å². The van der Waals surface area contributed by atoms with Crippen LogP contribution in [0.3, 0.4) is 0 Å². The third-order valence-electron chi connectivity index (χ3n) is 9.78. The average Bonchev–Trinajstić information content (AvgIpc) is 3.52. The minimum absolute atomic E-state index is 0.880. The van der Waals surface area contributed by atoms with Crippen LogP contribution < -0.4 is 4.90 Å². The second-order valence-electron chi connectivity index (χ2n) is 12.5. The zero-order valence-electron chi connectivity index (χ0n) is 26.1. The maximum Gasteiger partial charge on any atom is 0.137 e. The molecule has 0 aliphatic carbocycles. The largest absolute Gasteiger partial charge is 0.456 e. The zero-order valence-corrected chi connectivity index (χ0v) is 26.1. The molecular weight excluding hydrogens is 583 g/mol. The molecule has 0 atom stereocenters. The summed E-state index contributed by atoms with van der Waals surface area (Å²) >= 11 is 0. The van der Waals surface area contributed by atoms with E-state index in [9.17, 15) is 0 Å². The standard InChI is InChI=1S/C46H29NO/c1-2-15-35(16-3-1)47(42-19-10-20-43-46(42)41-27-32-12-4-5-13-33(32)29-44(41)48-43)36-24-21-31(22-25-36)40-28-34-14-7-9-18-38(34)45-37-17-8-6-11-30(37)23-26-39(40)45/h1-29H. The highest BCUT2D eigenvalue weighted by Crippen LogP contribution is 2.45. The van der Waals surface area contributed by atoms with E-state index in [1.807, 2.05) is 0 Å². The maximum atomic E-state index is 6.48. The van der Waals surface area contributed by atoms with E-state index in [0.29, 0.717) is 0 Å². The smallest absolute Gasteiger partial charge is 0.137 e. The Morgan fingerprint density at radius 1 is 0.354 bits per heavy atom. The maximum absolute atomic E-state index is 6.48. The van der Waals surface area contributed by atoms with Crippen LogP contribution in [-0.2, 0) is 0 Å². The van der Waals surface area contributed by atoms with Crippen LogP contribution in [0.1, 0.15) is 0 Å². The van der Waals surface area contributed by atoms with E-state index in [2.05, 4.69) is 181 Å². The van der Waals surface area contributed by atoms with Gasteiger partial charge in [-0.05, 0) is 109 Å². The molecular formula is C46H29NO. The summed E-state index contributed by atoms with van der Waals surface area (Å²) in [6.07, 6.45) is 0. The van der Waals surface area contributed by atoms with Crippen LogP contribution in [0.4, 0.5) is 17.1 Å². The van der Waals surface area contributed by atoms with Crippen molar-refractivity contribution in [3.63, 3.8) is 0 Å². The van der Waals surface area contributed by atoms with Crippen LogP contribution in [0.25, 0.3) is 76.2 Å². The molecule has 0 N–H and O–H groups in total. The van der Waals surface area contributed by atoms with Crippen LogP contribution in [0, 0.1) is 0 Å². The quantitative estimate of drug-likeness (QED) is 0.184. The minimum atomic E-state index is 0.880. The molecule has 48 heavy (non-hydrogen) atoms. The Morgan fingerprint density at radius 3 is 1.79 bits per heavy atom. The van der Waals surface area contributed by atoms with Crippen LogP contribution in [0.15, 0.2) is 180 Å². The summed E-state index contributed by atoms with van der Waals surface area (Å²) in [6, 6.07) is 63.3. The molecule has 0 saturated carbocycles. The van der Waals surface area contributed by atoms with Crippen molar-refractivity contribution in [1.29, 1.82) is 0 Å². The Balaban J connectivity index is 1.18. The molecule has 0 fully saturated rings. The first kappa shape index (κ1) is 26.8. The Bertz CT molecular complexity index is 2810. The highest BCUT2D eigenvalue weighted by molar-refractivity contribution is 6.24. The third-order valence-corrected chi connectivity index (χ3v) is 9.78. The normalized spacial score (nSPS) is 11.8. The molecule has 0 aliphatic heterocycles. The number of anilines is 3. The number of hydrogen-bond donors (Lipinski definition) is 0. The molecule has 0 radical (unpaired) electrons. The van der Waals surface area contributed by atoms with Gasteiger partial charge in [0.2, 0.25) is 0 Å². The van der Waals surface area contributed by atoms with Crippen molar-refractivity contribution < 1.29 is 4.42 Å². The molecule has 9 aromatic carbocycles. The number of furan rings is 1. The van der Waals surface area contributed by atoms with Gasteiger partial charge in [0.25, 0.3) is 0 Å². The topological polar surface area (TPSA) is 16.4 Å². The van der Waals surface area contributed by atoms with Crippen LogP contribution >= 0.6 is 0 Å². The molecule has 10 rings (SSSR count). The Labute approximate surface area is 277 Å². The van der Waals surface area contributed by atoms with E-state index in [1.54, 1.807) is 0 Å². The van der Waals surface area contributed by atoms with E-state index in [4.69, 9.17) is 4.42 Å². The molecule has 10 aromatic rings. The van der Waals surface area contributed by atoms with E-state index in [-0.39, 0.29) is 0 Å². The third kappa shape index (κ3) is 4.13. The molecule has 224 valence electrons. The molecule has 2 heteroatoms. The summed E-state index contributed by atoms with van der Waals surface area (Å²) < 4.78 is 6.48. The van der Waals surface area contributed by atoms with Gasteiger partial charge in [-0.3, -0.25) is 0 Å². The Kier molecular flexibility index (Phi) is 5.91. The number of benzene rings is 9. The van der Waals surface area contributed by atoms with Crippen molar-refractivity contribution in [2.45, 2.75) is 0 Å². The van der Waals surface area contributed by atoms with E-state index >= 15 is 0 Å². The number of fused-ring (bicyclic) bond motifs is 9. The fourth-order valence-corrected chi connectivity index (χ4v) is 7.58. The highest BCUT2D eigenvalue weighted by atomic mass is 16.3. The summed E-state index contributed by atoms with van der Waals surface area (Å²) in [7, 11) is 0. The SMILES string of the molecule is c1ccc(N(c2ccc(-c3cc4ccccc4c4c3ccc3ccccc34)cc2)c2cccc3oc4cc5ccccc5cc4c23)cc1. The summed E-state index contributed by atoms with van der Waals surface area (Å²) in [4.78, 5) is 2.35. The van der Waals surface area contributed by atoms with Gasteiger partial charge in [-0.2, -0.15) is 0 Å². The second kappa shape index (κ2) is 10.6. The van der Waals surface area contributed by atoms with Crippen LogP contribution in [-0.4, -0.2) is 0 Å². The van der Waals surface area contributed by atoms with Crippen molar-refractivity contribution >= 4 is 82.1 Å². The van der Waals surface area contributed by atoms with Gasteiger partial charge in [-0.1, -0.05) is 121 Å². The van der Waals surface area contributed by atoms with Gasteiger partial charge < -0.3 is 9.32 Å². The van der Waals surface area contributed by atoms with Gasteiger partial charge in [0.1, 0.15) is 11.2 Å². The van der Waals surface area contributed by atoms with Crippen molar-refractivity contribution in [2.75, 3.05) is 4.90 Å². The lowest BCUT2D eigenvalue weighted by Gasteiger charge is -2.26. The van der Waals surface area contributed by atoms with Gasteiger partial charge in [-0.15, -0.1) is 0 Å². The first-order valence-corrected chi connectivity index (χ1v) is 16.4. The van der Waals surface area contributed by atoms with Crippen LogP contribution in [0.2, 0.25) is 0 Å². The fraction of sp³-hybridized carbons (Fsp3) is 0. The predicted molar refractivity (Wildman–Crippen MR) is 204 cm³/mol. The molecule has 0 unspecified atom stereocenters. The van der Waals surface area contributed by atoms with Gasteiger partial charge in [-0.25, -0.2) is 0 Å². The number of hydrogen-bond acceptors (Lipinski definition) is 2. The van der Waals surface area contributed by atoms with Crippen LogP contribution in [0.5, 0.6) is 0 Å². The molecule has 0 aliphatic rings. The number of nitrogens with zero attached hydrogens (tertiary/aromatic N) is 1. The zero-order chi connectivity index (χ0) is 31.6. The minimum Gasteiger partial charge on any atom is -0.456 e. The Hall–Kier alpha value is -6.38. The Morgan fingerprint density at radius 2 is 1.00 bits per heavy atom. The lowest BCUT2D eigenvalue weighted by molar-refractivity contribution is 0.669. The van der Waals surface area contributed by atoms with Crippen molar-refractivity contribution in [3.05, 3.63) is 176 Å². The summed E-state index contributed by atoms with van der Waals surface area (Å²) in [6.45, 7) is 0. The summed E-state index contributed by atoms with van der Waals surface area (Å²) in [5, 5.41) is 12.3. The number of rotatable bonds is 4. The monoisotopic (exact) mass is 611 g/mol. The van der Waals surface area contributed by atoms with Gasteiger partial charge in [0.15, 0.2) is 0 Å². The molecule has 0 spiro atoms. The molecule has 1 heterocycles. The van der Waals surface area contributed by atoms with E-state index in [1.165, 1.54) is 54.2 Å². The molecule has 0 saturated heterocycles.